The van der Waals surface area contributed by atoms with Gasteiger partial charge in [0.25, 0.3) is 0 Å². The molecule has 0 radical (unpaired) electrons. The van der Waals surface area contributed by atoms with Gasteiger partial charge >= 0.3 is 18.1 Å². The smallest absolute Gasteiger partial charge is 0.469 e. The number of hydrogen-bond acceptors (Lipinski definition) is 3. The van der Waals surface area contributed by atoms with Gasteiger partial charge in [-0.2, -0.15) is 13.2 Å². The minimum Gasteiger partial charge on any atom is -0.469 e. The molecule has 19 heavy (non-hydrogen) atoms. The van der Waals surface area contributed by atoms with Crippen molar-refractivity contribution in [3.8, 4) is 0 Å². The van der Waals surface area contributed by atoms with Crippen molar-refractivity contribution in [2.45, 2.75) is 44.8 Å². The van der Waals surface area contributed by atoms with Crippen molar-refractivity contribution in [1.29, 1.82) is 0 Å². The van der Waals surface area contributed by atoms with Crippen LogP contribution in [0.5, 0.6) is 0 Å². The lowest BCUT2D eigenvalue weighted by atomic mass is 10.1. The van der Waals surface area contributed by atoms with Gasteiger partial charge in [0, 0.05) is 12.6 Å². The molecule has 1 atom stereocenters. The first-order valence-electron chi connectivity index (χ1n) is 6.23. The highest BCUT2D eigenvalue weighted by Gasteiger charge is 2.45. The summed E-state index contributed by atoms with van der Waals surface area (Å²) in [5.41, 5.74) is 0. The topological polar surface area (TPSA) is 46.6 Å². The maximum absolute atomic E-state index is 12.6. The standard InChI is InChI=1S/C12H18F3NO3/c1-8(10(17)19-2)7-16(9-5-3-4-6-9)11(18)12(13,14)15/h8-9H,3-7H2,1-2H3. The Morgan fingerprint density at radius 2 is 1.84 bits per heavy atom. The van der Waals surface area contributed by atoms with Crippen LogP contribution in [0.1, 0.15) is 32.6 Å². The van der Waals surface area contributed by atoms with Crippen molar-refractivity contribution in [3.63, 3.8) is 0 Å². The van der Waals surface area contributed by atoms with Crippen LogP contribution in [0.15, 0.2) is 0 Å². The lowest BCUT2D eigenvalue weighted by Gasteiger charge is -2.31. The molecule has 0 heterocycles. The summed E-state index contributed by atoms with van der Waals surface area (Å²) in [6.45, 7) is 1.20. The quantitative estimate of drug-likeness (QED) is 0.742. The third-order valence-electron chi connectivity index (χ3n) is 3.34. The van der Waals surface area contributed by atoms with E-state index in [-0.39, 0.29) is 6.54 Å². The largest absolute Gasteiger partial charge is 0.471 e. The Balaban J connectivity index is 2.80. The Morgan fingerprint density at radius 3 is 2.26 bits per heavy atom. The highest BCUT2D eigenvalue weighted by Crippen LogP contribution is 2.28. The third kappa shape index (κ3) is 4.11. The molecule has 0 aliphatic heterocycles. The Kier molecular flexibility index (Phi) is 5.20. The summed E-state index contributed by atoms with van der Waals surface area (Å²) < 4.78 is 42.2. The lowest BCUT2D eigenvalue weighted by molar-refractivity contribution is -0.188. The van der Waals surface area contributed by atoms with Crippen molar-refractivity contribution in [2.75, 3.05) is 13.7 Å². The highest BCUT2D eigenvalue weighted by molar-refractivity contribution is 5.83. The van der Waals surface area contributed by atoms with Crippen molar-refractivity contribution in [3.05, 3.63) is 0 Å². The van der Waals surface area contributed by atoms with Gasteiger partial charge in [-0.25, -0.2) is 0 Å². The fraction of sp³-hybridized carbons (Fsp3) is 0.833. The van der Waals surface area contributed by atoms with E-state index in [1.165, 1.54) is 14.0 Å². The van der Waals surface area contributed by atoms with Crippen LogP contribution in [-0.2, 0) is 14.3 Å². The van der Waals surface area contributed by atoms with Crippen LogP contribution in [0.25, 0.3) is 0 Å². The second-order valence-electron chi connectivity index (χ2n) is 4.82. The SMILES string of the molecule is COC(=O)C(C)CN(C(=O)C(F)(F)F)C1CCCC1. The van der Waals surface area contributed by atoms with Crippen molar-refractivity contribution >= 4 is 11.9 Å². The molecule has 0 bridgehead atoms. The molecule has 1 fully saturated rings. The van der Waals surface area contributed by atoms with E-state index in [0.29, 0.717) is 12.8 Å². The highest BCUT2D eigenvalue weighted by atomic mass is 19.4. The van der Waals surface area contributed by atoms with E-state index in [4.69, 9.17) is 0 Å². The number of hydrogen-bond donors (Lipinski definition) is 0. The van der Waals surface area contributed by atoms with Gasteiger partial charge in [0.1, 0.15) is 0 Å². The predicted molar refractivity (Wildman–Crippen MR) is 61.2 cm³/mol. The molecule has 1 unspecified atom stereocenters. The minimum atomic E-state index is -4.90. The van der Waals surface area contributed by atoms with E-state index in [1.54, 1.807) is 0 Å². The van der Waals surface area contributed by atoms with E-state index in [9.17, 15) is 22.8 Å². The molecule has 7 heteroatoms. The number of rotatable bonds is 4. The van der Waals surface area contributed by atoms with E-state index in [1.807, 2.05) is 0 Å². The first-order valence-corrected chi connectivity index (χ1v) is 6.23. The average molecular weight is 281 g/mol. The van der Waals surface area contributed by atoms with Crippen LogP contribution < -0.4 is 0 Å². The summed E-state index contributed by atoms with van der Waals surface area (Å²) in [5.74, 6) is -3.25. The molecule has 0 aromatic rings. The zero-order chi connectivity index (χ0) is 14.6. The van der Waals surface area contributed by atoms with Crippen LogP contribution in [0.4, 0.5) is 13.2 Å². The first-order chi connectivity index (χ1) is 8.77. The molecule has 0 aromatic heterocycles. The number of carbonyl (C=O) groups excluding carboxylic acids is 2. The maximum atomic E-state index is 12.6. The molecule has 1 aliphatic rings. The van der Waals surface area contributed by atoms with Crippen LogP contribution in [0, 0.1) is 5.92 Å². The Morgan fingerprint density at radius 1 is 1.32 bits per heavy atom. The molecule has 1 saturated carbocycles. The number of esters is 1. The molecule has 0 N–H and O–H groups in total. The maximum Gasteiger partial charge on any atom is 0.471 e. The van der Waals surface area contributed by atoms with Gasteiger partial charge < -0.3 is 9.64 Å². The van der Waals surface area contributed by atoms with Gasteiger partial charge in [-0.05, 0) is 12.8 Å². The molecular weight excluding hydrogens is 263 g/mol. The molecule has 1 rings (SSSR count). The number of alkyl halides is 3. The van der Waals surface area contributed by atoms with Gasteiger partial charge in [0.15, 0.2) is 0 Å². The predicted octanol–water partition coefficient (Wildman–Crippen LogP) is 2.13. The molecule has 4 nitrogen and oxygen atoms in total. The van der Waals surface area contributed by atoms with E-state index < -0.39 is 30.0 Å². The lowest BCUT2D eigenvalue weighted by Crippen LogP contribution is -2.48. The third-order valence-corrected chi connectivity index (χ3v) is 3.34. The van der Waals surface area contributed by atoms with E-state index in [2.05, 4.69) is 4.74 Å². The summed E-state index contributed by atoms with van der Waals surface area (Å²) in [6.07, 6.45) is -2.19. The fourth-order valence-corrected chi connectivity index (χ4v) is 2.35. The molecule has 1 aliphatic carbocycles. The van der Waals surface area contributed by atoms with Gasteiger partial charge in [-0.1, -0.05) is 19.8 Å². The number of halogens is 3. The second kappa shape index (κ2) is 6.25. The number of nitrogens with zero attached hydrogens (tertiary/aromatic N) is 1. The monoisotopic (exact) mass is 281 g/mol. The van der Waals surface area contributed by atoms with E-state index in [0.717, 1.165) is 17.7 Å². The molecule has 0 spiro atoms. The minimum absolute atomic E-state index is 0.254. The fourth-order valence-electron chi connectivity index (χ4n) is 2.35. The number of amides is 1. The zero-order valence-corrected chi connectivity index (χ0v) is 11.0. The van der Waals surface area contributed by atoms with Crippen molar-refractivity contribution in [1.82, 2.24) is 4.90 Å². The van der Waals surface area contributed by atoms with Crippen LogP contribution >= 0.6 is 0 Å². The van der Waals surface area contributed by atoms with Crippen LogP contribution in [-0.4, -0.2) is 42.6 Å². The number of carbonyl (C=O) groups is 2. The second-order valence-corrected chi connectivity index (χ2v) is 4.82. The molecule has 1 amide bonds. The van der Waals surface area contributed by atoms with Gasteiger partial charge in [0.2, 0.25) is 0 Å². The van der Waals surface area contributed by atoms with Gasteiger partial charge in [0.05, 0.1) is 13.0 Å². The summed E-state index contributed by atoms with van der Waals surface area (Å²) in [7, 11) is 1.17. The van der Waals surface area contributed by atoms with Gasteiger partial charge in [-0.15, -0.1) is 0 Å². The summed E-state index contributed by atoms with van der Waals surface area (Å²) >= 11 is 0. The molecular formula is C12H18F3NO3. The van der Waals surface area contributed by atoms with Crippen molar-refractivity contribution in [2.24, 2.45) is 5.92 Å². The molecule has 0 aromatic carbocycles. The summed E-state index contributed by atoms with van der Waals surface area (Å²) in [4.78, 5) is 23.5. The van der Waals surface area contributed by atoms with Crippen molar-refractivity contribution < 1.29 is 27.5 Å². The van der Waals surface area contributed by atoms with Crippen LogP contribution in [0.2, 0.25) is 0 Å². The molecule has 110 valence electrons. The Hall–Kier alpha value is -1.27. The first kappa shape index (κ1) is 15.8. The number of ether oxygens (including phenoxy) is 1. The normalized spacial score (nSPS) is 18.2. The Labute approximate surface area is 109 Å². The van der Waals surface area contributed by atoms with Crippen LogP contribution in [0.3, 0.4) is 0 Å². The molecule has 0 saturated heterocycles. The average Bonchev–Trinajstić information content (AvgIpc) is 2.86. The Bertz CT molecular complexity index is 338. The van der Waals surface area contributed by atoms with E-state index >= 15 is 0 Å². The number of methoxy groups -OCH3 is 1. The zero-order valence-electron chi connectivity index (χ0n) is 11.0. The summed E-state index contributed by atoms with van der Waals surface area (Å²) in [5, 5.41) is 0. The summed E-state index contributed by atoms with van der Waals surface area (Å²) in [6, 6.07) is -0.429. The van der Waals surface area contributed by atoms with Gasteiger partial charge in [-0.3, -0.25) is 9.59 Å².